The van der Waals surface area contributed by atoms with Crippen LogP contribution in [-0.2, 0) is 11.3 Å². The van der Waals surface area contributed by atoms with E-state index in [1.807, 2.05) is 31.2 Å². The van der Waals surface area contributed by atoms with Crippen molar-refractivity contribution in [1.29, 1.82) is 0 Å². The molecular formula is C19H18N6O4. The smallest absolute Gasteiger partial charge is 0.338 e. The van der Waals surface area contributed by atoms with Gasteiger partial charge in [0.25, 0.3) is 5.69 Å². The first-order chi connectivity index (χ1) is 13.8. The van der Waals surface area contributed by atoms with E-state index in [-0.39, 0.29) is 35.6 Å². The van der Waals surface area contributed by atoms with Crippen LogP contribution in [0.5, 0.6) is 0 Å². The number of nitrogens with one attached hydrogen (secondary N) is 1. The predicted molar refractivity (Wildman–Crippen MR) is 106 cm³/mol. The fourth-order valence-corrected chi connectivity index (χ4v) is 2.59. The number of para-hydroxylation sites is 1. The molecule has 10 heteroatoms. The molecule has 29 heavy (non-hydrogen) atoms. The van der Waals surface area contributed by atoms with Crippen molar-refractivity contribution in [2.24, 2.45) is 0 Å². The monoisotopic (exact) mass is 394 g/mol. The second kappa shape index (κ2) is 8.30. The number of nitro benzene ring substituents is 1. The highest BCUT2D eigenvalue weighted by Gasteiger charge is 2.15. The van der Waals surface area contributed by atoms with Crippen molar-refractivity contribution in [1.82, 2.24) is 15.0 Å². The number of hydrogen-bond donors (Lipinski definition) is 2. The van der Waals surface area contributed by atoms with Crippen LogP contribution in [0.3, 0.4) is 0 Å². The molecule has 0 aliphatic carbocycles. The number of nitrogen functional groups attached to an aromatic ring is 1. The first-order valence-electron chi connectivity index (χ1n) is 8.58. The molecule has 148 valence electrons. The Labute approximate surface area is 165 Å². The number of aryl methyl sites for hydroxylation is 2. The molecule has 1 heterocycles. The van der Waals surface area contributed by atoms with E-state index < -0.39 is 10.9 Å². The van der Waals surface area contributed by atoms with Crippen molar-refractivity contribution in [2.45, 2.75) is 20.5 Å². The Bertz CT molecular complexity index is 1090. The largest absolute Gasteiger partial charge is 0.454 e. The van der Waals surface area contributed by atoms with Crippen LogP contribution in [0.1, 0.15) is 27.3 Å². The van der Waals surface area contributed by atoms with E-state index in [0.29, 0.717) is 5.56 Å². The zero-order valence-electron chi connectivity index (χ0n) is 15.7. The summed E-state index contributed by atoms with van der Waals surface area (Å²) in [6.45, 7) is 3.25. The number of nitrogens with zero attached hydrogens (tertiary/aromatic N) is 4. The van der Waals surface area contributed by atoms with Gasteiger partial charge in [-0.3, -0.25) is 10.1 Å². The third-order valence-corrected chi connectivity index (χ3v) is 4.05. The van der Waals surface area contributed by atoms with Crippen molar-refractivity contribution < 1.29 is 14.5 Å². The van der Waals surface area contributed by atoms with Crippen LogP contribution in [0.15, 0.2) is 42.5 Å². The van der Waals surface area contributed by atoms with Gasteiger partial charge >= 0.3 is 5.97 Å². The summed E-state index contributed by atoms with van der Waals surface area (Å²) >= 11 is 0. The van der Waals surface area contributed by atoms with Gasteiger partial charge < -0.3 is 15.8 Å². The summed E-state index contributed by atoms with van der Waals surface area (Å²) in [6, 6.07) is 11.6. The van der Waals surface area contributed by atoms with Gasteiger partial charge in [-0.05, 0) is 37.6 Å². The lowest BCUT2D eigenvalue weighted by Gasteiger charge is -2.10. The molecule has 0 saturated carbocycles. The quantitative estimate of drug-likeness (QED) is 0.366. The van der Waals surface area contributed by atoms with Crippen LogP contribution < -0.4 is 11.1 Å². The molecule has 0 spiro atoms. The molecule has 0 saturated heterocycles. The maximum atomic E-state index is 12.2. The molecule has 1 aromatic heterocycles. The fourth-order valence-electron chi connectivity index (χ4n) is 2.59. The second-order valence-electron chi connectivity index (χ2n) is 6.21. The van der Waals surface area contributed by atoms with Crippen LogP contribution >= 0.6 is 0 Å². The fraction of sp³-hybridized carbons (Fsp3) is 0.158. The van der Waals surface area contributed by atoms with E-state index in [1.54, 1.807) is 6.92 Å². The Balaban J connectivity index is 1.71. The minimum Gasteiger partial charge on any atom is -0.454 e. The topological polar surface area (TPSA) is 146 Å². The van der Waals surface area contributed by atoms with E-state index >= 15 is 0 Å². The molecule has 2 aromatic carbocycles. The summed E-state index contributed by atoms with van der Waals surface area (Å²) in [6.07, 6.45) is 0. The van der Waals surface area contributed by atoms with Crippen molar-refractivity contribution in [3.63, 3.8) is 0 Å². The van der Waals surface area contributed by atoms with E-state index in [2.05, 4.69) is 20.3 Å². The van der Waals surface area contributed by atoms with Crippen molar-refractivity contribution >= 4 is 29.2 Å². The lowest BCUT2D eigenvalue weighted by atomic mass is 10.1. The van der Waals surface area contributed by atoms with Gasteiger partial charge in [0, 0.05) is 17.3 Å². The first-order valence-corrected chi connectivity index (χ1v) is 8.58. The minimum absolute atomic E-state index is 0.0201. The molecule has 0 aliphatic rings. The SMILES string of the molecule is Cc1ccccc1Nc1nc(N)nc(COC(=O)c2ccc([N+](=O)[O-])c(C)c2)n1. The maximum Gasteiger partial charge on any atom is 0.338 e. The van der Waals surface area contributed by atoms with Crippen LogP contribution in [0, 0.1) is 24.0 Å². The van der Waals surface area contributed by atoms with Crippen LogP contribution in [0.25, 0.3) is 0 Å². The van der Waals surface area contributed by atoms with Gasteiger partial charge in [0.05, 0.1) is 10.5 Å². The molecule has 0 atom stereocenters. The van der Waals surface area contributed by atoms with Crippen LogP contribution in [0.4, 0.5) is 23.3 Å². The number of anilines is 3. The highest BCUT2D eigenvalue weighted by Crippen LogP contribution is 2.20. The third-order valence-electron chi connectivity index (χ3n) is 4.05. The second-order valence-corrected chi connectivity index (χ2v) is 6.21. The highest BCUT2D eigenvalue weighted by molar-refractivity contribution is 5.90. The number of ether oxygens (including phenoxy) is 1. The summed E-state index contributed by atoms with van der Waals surface area (Å²) in [4.78, 5) is 34.8. The van der Waals surface area contributed by atoms with Crippen molar-refractivity contribution in [3.05, 3.63) is 75.1 Å². The normalized spacial score (nSPS) is 10.4. The van der Waals surface area contributed by atoms with E-state index in [0.717, 1.165) is 11.3 Å². The lowest BCUT2D eigenvalue weighted by molar-refractivity contribution is -0.385. The molecule has 3 N–H and O–H groups in total. The molecule has 0 fully saturated rings. The third kappa shape index (κ3) is 4.80. The summed E-state index contributed by atoms with van der Waals surface area (Å²) < 4.78 is 5.21. The van der Waals surface area contributed by atoms with E-state index in [9.17, 15) is 14.9 Å². The molecule has 0 radical (unpaired) electrons. The zero-order valence-corrected chi connectivity index (χ0v) is 15.7. The highest BCUT2D eigenvalue weighted by atomic mass is 16.6. The molecule has 0 aliphatic heterocycles. The summed E-state index contributed by atoms with van der Waals surface area (Å²) in [5.41, 5.74) is 8.01. The minimum atomic E-state index is -0.657. The van der Waals surface area contributed by atoms with E-state index in [1.165, 1.54) is 18.2 Å². The standard InChI is InChI=1S/C19H18N6O4/c1-11-5-3-4-6-14(11)21-19-23-16(22-18(20)24-19)10-29-17(26)13-7-8-15(25(27)28)12(2)9-13/h3-9H,10H2,1-2H3,(H3,20,21,22,23,24). The predicted octanol–water partition coefficient (Wildman–Crippen LogP) is 3.08. The van der Waals surface area contributed by atoms with Crippen molar-refractivity contribution in [3.8, 4) is 0 Å². The van der Waals surface area contributed by atoms with Gasteiger partial charge in [-0.2, -0.15) is 15.0 Å². The molecule has 10 nitrogen and oxygen atoms in total. The molecule has 0 amide bonds. The number of hydrogen-bond acceptors (Lipinski definition) is 9. The summed E-state index contributed by atoms with van der Waals surface area (Å²) in [5.74, 6) is -0.284. The molecular weight excluding hydrogens is 376 g/mol. The van der Waals surface area contributed by atoms with E-state index in [4.69, 9.17) is 10.5 Å². The van der Waals surface area contributed by atoms with Crippen LogP contribution in [-0.4, -0.2) is 25.8 Å². The van der Waals surface area contributed by atoms with Gasteiger partial charge in [0.2, 0.25) is 11.9 Å². The summed E-state index contributed by atoms with van der Waals surface area (Å²) in [5, 5.41) is 13.9. The molecule has 0 unspecified atom stereocenters. The van der Waals surface area contributed by atoms with Gasteiger partial charge in [0.15, 0.2) is 12.4 Å². The number of nitro groups is 1. The molecule has 0 bridgehead atoms. The molecule has 3 rings (SSSR count). The zero-order chi connectivity index (χ0) is 21.0. The molecule has 3 aromatic rings. The Kier molecular flexibility index (Phi) is 5.63. The van der Waals surface area contributed by atoms with Crippen LogP contribution in [0.2, 0.25) is 0 Å². The Morgan fingerprint density at radius 3 is 2.59 bits per heavy atom. The Hall–Kier alpha value is -4.08. The van der Waals surface area contributed by atoms with Gasteiger partial charge in [-0.25, -0.2) is 4.79 Å². The number of rotatable bonds is 6. The number of esters is 1. The summed E-state index contributed by atoms with van der Waals surface area (Å²) in [7, 11) is 0. The van der Waals surface area contributed by atoms with Gasteiger partial charge in [-0.1, -0.05) is 18.2 Å². The Morgan fingerprint density at radius 2 is 1.90 bits per heavy atom. The number of nitrogens with two attached hydrogens (primary N) is 1. The number of benzene rings is 2. The first kappa shape index (κ1) is 19.7. The van der Waals surface area contributed by atoms with Crippen molar-refractivity contribution in [2.75, 3.05) is 11.1 Å². The Morgan fingerprint density at radius 1 is 1.14 bits per heavy atom. The number of carbonyl (C=O) groups excluding carboxylic acids is 1. The average molecular weight is 394 g/mol. The maximum absolute atomic E-state index is 12.2. The number of carbonyl (C=O) groups is 1. The number of aromatic nitrogens is 3. The lowest BCUT2D eigenvalue weighted by Crippen LogP contribution is -2.11. The average Bonchev–Trinajstić information content (AvgIpc) is 2.67. The van der Waals surface area contributed by atoms with Gasteiger partial charge in [-0.15, -0.1) is 0 Å². The van der Waals surface area contributed by atoms with Gasteiger partial charge in [0.1, 0.15) is 0 Å².